The molecule has 2 rings (SSSR count). The van der Waals surface area contributed by atoms with Crippen LogP contribution in [0.2, 0.25) is 0 Å². The molecule has 0 radical (unpaired) electrons. The van der Waals surface area contributed by atoms with Crippen LogP contribution in [-0.2, 0) is 4.79 Å². The van der Waals surface area contributed by atoms with E-state index in [0.717, 1.165) is 6.07 Å². The van der Waals surface area contributed by atoms with Crippen LogP contribution >= 0.6 is 0 Å². The van der Waals surface area contributed by atoms with E-state index in [0.29, 0.717) is 19.2 Å². The number of carbonyl (C=O) groups excluding carboxylic acids is 1. The van der Waals surface area contributed by atoms with Gasteiger partial charge in [0.25, 0.3) is 0 Å². The maximum atomic E-state index is 13.7. The average Bonchev–Trinajstić information content (AvgIpc) is 2.32. The van der Waals surface area contributed by atoms with Gasteiger partial charge < -0.3 is 4.90 Å². The zero-order valence-electron chi connectivity index (χ0n) is 9.36. The van der Waals surface area contributed by atoms with Gasteiger partial charge in [0, 0.05) is 32.0 Å². The van der Waals surface area contributed by atoms with Crippen LogP contribution in [0.1, 0.15) is 12.8 Å². The summed E-state index contributed by atoms with van der Waals surface area (Å²) in [6.07, 6.45) is 0.552. The van der Waals surface area contributed by atoms with E-state index in [1.165, 1.54) is 4.90 Å². The minimum Gasteiger partial charge on any atom is -0.368 e. The first kappa shape index (κ1) is 12.4. The molecule has 0 atom stereocenters. The molecule has 96 valence electrons. The number of benzene rings is 1. The molecule has 5 nitrogen and oxygen atoms in total. The second-order valence-corrected chi connectivity index (χ2v) is 4.04. The van der Waals surface area contributed by atoms with Crippen LogP contribution in [0, 0.1) is 21.7 Å². The number of anilines is 1. The number of piperidine rings is 1. The van der Waals surface area contributed by atoms with Crippen molar-refractivity contribution >= 4 is 17.2 Å². The Labute approximate surface area is 101 Å². The fraction of sp³-hybridized carbons (Fsp3) is 0.364. The monoisotopic (exact) mass is 256 g/mol. The second-order valence-electron chi connectivity index (χ2n) is 4.04. The van der Waals surface area contributed by atoms with E-state index in [4.69, 9.17) is 0 Å². The molecule has 0 bridgehead atoms. The quantitative estimate of drug-likeness (QED) is 0.600. The van der Waals surface area contributed by atoms with Crippen LogP contribution in [0.4, 0.5) is 20.2 Å². The summed E-state index contributed by atoms with van der Waals surface area (Å²) in [7, 11) is 0. The first-order valence-electron chi connectivity index (χ1n) is 5.39. The SMILES string of the molecule is O=C1CCN(c2cc(F)c([N+](=O)[O-])cc2F)CC1. The Morgan fingerprint density at radius 1 is 1.17 bits per heavy atom. The molecule has 18 heavy (non-hydrogen) atoms. The highest BCUT2D eigenvalue weighted by Crippen LogP contribution is 2.28. The van der Waals surface area contributed by atoms with E-state index in [1.54, 1.807) is 0 Å². The Bertz CT molecular complexity index is 509. The summed E-state index contributed by atoms with van der Waals surface area (Å²) in [6.45, 7) is 0.597. The summed E-state index contributed by atoms with van der Waals surface area (Å²) in [6, 6.07) is 1.38. The first-order valence-corrected chi connectivity index (χ1v) is 5.39. The van der Waals surface area contributed by atoms with Gasteiger partial charge in [-0.1, -0.05) is 0 Å². The fourth-order valence-electron chi connectivity index (χ4n) is 1.91. The van der Waals surface area contributed by atoms with Crippen molar-refractivity contribution in [3.05, 3.63) is 33.9 Å². The summed E-state index contributed by atoms with van der Waals surface area (Å²) in [5.74, 6) is -1.85. The first-order chi connectivity index (χ1) is 8.49. The van der Waals surface area contributed by atoms with Crippen molar-refractivity contribution in [2.45, 2.75) is 12.8 Å². The molecule has 1 fully saturated rings. The van der Waals surface area contributed by atoms with E-state index in [1.807, 2.05) is 0 Å². The zero-order valence-corrected chi connectivity index (χ0v) is 9.36. The number of nitro groups is 1. The van der Waals surface area contributed by atoms with E-state index in [9.17, 15) is 23.7 Å². The largest absolute Gasteiger partial charge is 0.368 e. The topological polar surface area (TPSA) is 63.5 Å². The van der Waals surface area contributed by atoms with Gasteiger partial charge in [0.2, 0.25) is 5.82 Å². The summed E-state index contributed by atoms with van der Waals surface area (Å²) in [4.78, 5) is 22.0. The number of rotatable bonds is 2. The minimum atomic E-state index is -1.08. The molecule has 0 aromatic heterocycles. The van der Waals surface area contributed by atoms with Crippen molar-refractivity contribution in [2.75, 3.05) is 18.0 Å². The van der Waals surface area contributed by atoms with Crippen molar-refractivity contribution in [3.63, 3.8) is 0 Å². The van der Waals surface area contributed by atoms with E-state index in [-0.39, 0.29) is 24.3 Å². The van der Waals surface area contributed by atoms with Crippen LogP contribution in [0.5, 0.6) is 0 Å². The number of carbonyl (C=O) groups is 1. The molecule has 0 N–H and O–H groups in total. The number of Topliss-reactive ketones (excluding diaryl/α,β-unsaturated/α-hetero) is 1. The van der Waals surface area contributed by atoms with Crippen LogP contribution in [0.3, 0.4) is 0 Å². The van der Waals surface area contributed by atoms with Crippen molar-refractivity contribution in [1.29, 1.82) is 0 Å². The molecule has 0 spiro atoms. The predicted molar refractivity (Wildman–Crippen MR) is 59.5 cm³/mol. The molecule has 1 heterocycles. The van der Waals surface area contributed by atoms with Crippen molar-refractivity contribution in [3.8, 4) is 0 Å². The predicted octanol–water partition coefficient (Wildman–Crippen LogP) is 2.04. The van der Waals surface area contributed by atoms with Crippen LogP contribution in [0.25, 0.3) is 0 Å². The minimum absolute atomic E-state index is 0.0365. The number of nitro benzene ring substituents is 1. The third kappa shape index (κ3) is 2.29. The van der Waals surface area contributed by atoms with Gasteiger partial charge in [-0.05, 0) is 0 Å². The standard InChI is InChI=1S/C11H10F2N2O3/c12-8-6-11(15(17)18)9(13)5-10(8)14-3-1-7(16)2-4-14/h5-6H,1-4H2. The lowest BCUT2D eigenvalue weighted by Gasteiger charge is -2.28. The number of nitrogens with zero attached hydrogens (tertiary/aromatic N) is 2. The summed E-state index contributed by atoms with van der Waals surface area (Å²) in [5, 5.41) is 10.4. The summed E-state index contributed by atoms with van der Waals surface area (Å²) < 4.78 is 27.1. The molecule has 1 aliphatic rings. The maximum absolute atomic E-state index is 13.7. The van der Waals surface area contributed by atoms with Crippen LogP contribution in [-0.4, -0.2) is 23.8 Å². The number of ketones is 1. The van der Waals surface area contributed by atoms with Gasteiger partial charge in [-0.25, -0.2) is 4.39 Å². The van der Waals surface area contributed by atoms with Gasteiger partial charge in [-0.15, -0.1) is 0 Å². The number of hydrogen-bond acceptors (Lipinski definition) is 4. The Balaban J connectivity index is 2.32. The Morgan fingerprint density at radius 3 is 2.33 bits per heavy atom. The third-order valence-electron chi connectivity index (χ3n) is 2.87. The van der Waals surface area contributed by atoms with Crippen LogP contribution in [0.15, 0.2) is 12.1 Å². The molecule has 1 aromatic carbocycles. The average molecular weight is 256 g/mol. The molecule has 1 aromatic rings. The van der Waals surface area contributed by atoms with Gasteiger partial charge in [0.05, 0.1) is 16.7 Å². The van der Waals surface area contributed by atoms with E-state index >= 15 is 0 Å². The Hall–Kier alpha value is -2.05. The molecule has 1 aliphatic heterocycles. The van der Waals surface area contributed by atoms with Gasteiger partial charge in [-0.3, -0.25) is 14.9 Å². The van der Waals surface area contributed by atoms with E-state index < -0.39 is 22.2 Å². The molecule has 7 heteroatoms. The number of halogens is 2. The molecule has 0 unspecified atom stereocenters. The normalized spacial score (nSPS) is 15.9. The summed E-state index contributed by atoms with van der Waals surface area (Å²) >= 11 is 0. The Kier molecular flexibility index (Phi) is 3.22. The van der Waals surface area contributed by atoms with Gasteiger partial charge in [0.15, 0.2) is 5.82 Å². The Morgan fingerprint density at radius 2 is 1.78 bits per heavy atom. The molecular formula is C11H10F2N2O3. The lowest BCUT2D eigenvalue weighted by atomic mass is 10.1. The van der Waals surface area contributed by atoms with Gasteiger partial charge >= 0.3 is 5.69 Å². The van der Waals surface area contributed by atoms with Crippen LogP contribution < -0.4 is 4.90 Å². The molecule has 0 amide bonds. The lowest BCUT2D eigenvalue weighted by molar-refractivity contribution is -0.387. The molecule has 1 saturated heterocycles. The highest BCUT2D eigenvalue weighted by Gasteiger charge is 2.24. The highest BCUT2D eigenvalue weighted by atomic mass is 19.1. The fourth-order valence-corrected chi connectivity index (χ4v) is 1.91. The summed E-state index contributed by atoms with van der Waals surface area (Å²) in [5.41, 5.74) is -0.921. The third-order valence-corrected chi connectivity index (χ3v) is 2.87. The van der Waals surface area contributed by atoms with Gasteiger partial charge in [0.1, 0.15) is 5.78 Å². The van der Waals surface area contributed by atoms with Crippen molar-refractivity contribution in [2.24, 2.45) is 0 Å². The lowest BCUT2D eigenvalue weighted by Crippen LogP contribution is -2.34. The van der Waals surface area contributed by atoms with Crippen molar-refractivity contribution in [1.82, 2.24) is 0 Å². The van der Waals surface area contributed by atoms with Gasteiger partial charge in [-0.2, -0.15) is 4.39 Å². The molecule has 0 saturated carbocycles. The number of hydrogen-bond donors (Lipinski definition) is 0. The smallest absolute Gasteiger partial charge is 0.307 e. The maximum Gasteiger partial charge on any atom is 0.307 e. The van der Waals surface area contributed by atoms with Crippen molar-refractivity contribution < 1.29 is 18.5 Å². The zero-order chi connectivity index (χ0) is 13.3. The highest BCUT2D eigenvalue weighted by molar-refractivity contribution is 5.81. The molecular weight excluding hydrogens is 246 g/mol. The van der Waals surface area contributed by atoms with E-state index in [2.05, 4.69) is 0 Å². The molecule has 0 aliphatic carbocycles. The second kappa shape index (κ2) is 4.67.